The number of benzene rings is 12. The Kier molecular flexibility index (Phi) is 11.9. The number of rotatable bonds is 12. The van der Waals surface area contributed by atoms with Gasteiger partial charge in [0, 0.05) is 50.6 Å². The van der Waals surface area contributed by atoms with Crippen molar-refractivity contribution in [2.45, 2.75) is 0 Å². The molecular formula is C72H51N3. The third-order valence-corrected chi connectivity index (χ3v) is 14.4. The van der Waals surface area contributed by atoms with E-state index in [-0.39, 0.29) is 0 Å². The zero-order valence-corrected chi connectivity index (χ0v) is 41.3. The first-order valence-corrected chi connectivity index (χ1v) is 25.7. The van der Waals surface area contributed by atoms with Crippen LogP contribution in [0.5, 0.6) is 0 Å². The Balaban J connectivity index is 0.859. The Hall–Kier alpha value is -9.96. The van der Waals surface area contributed by atoms with Crippen LogP contribution in [0.15, 0.2) is 309 Å². The van der Waals surface area contributed by atoms with Crippen molar-refractivity contribution < 1.29 is 0 Å². The number of hydrogen-bond acceptors (Lipinski definition) is 2. The average Bonchev–Trinajstić information content (AvgIpc) is 3.85. The molecule has 0 bridgehead atoms. The van der Waals surface area contributed by atoms with Gasteiger partial charge in [-0.15, -0.1) is 0 Å². The van der Waals surface area contributed by atoms with E-state index in [0.717, 1.165) is 50.9 Å². The Morgan fingerprint density at radius 1 is 0.200 bits per heavy atom. The fraction of sp³-hybridized carbons (Fsp3) is 0. The first-order valence-electron chi connectivity index (χ1n) is 25.7. The van der Waals surface area contributed by atoms with E-state index in [1.54, 1.807) is 0 Å². The molecule has 3 nitrogen and oxygen atoms in total. The minimum absolute atomic E-state index is 1.08. The molecular weight excluding hydrogens is 907 g/mol. The summed E-state index contributed by atoms with van der Waals surface area (Å²) in [6.07, 6.45) is 0. The molecule has 3 heteroatoms. The van der Waals surface area contributed by atoms with Crippen LogP contribution in [0.2, 0.25) is 0 Å². The number of para-hydroxylation sites is 1. The van der Waals surface area contributed by atoms with Crippen molar-refractivity contribution in [3.8, 4) is 61.3 Å². The minimum Gasteiger partial charge on any atom is -0.311 e. The van der Waals surface area contributed by atoms with E-state index in [4.69, 9.17) is 0 Å². The van der Waals surface area contributed by atoms with Gasteiger partial charge in [0.05, 0.1) is 11.0 Å². The lowest BCUT2D eigenvalue weighted by atomic mass is 9.99. The van der Waals surface area contributed by atoms with Crippen molar-refractivity contribution in [3.63, 3.8) is 0 Å². The first kappa shape index (κ1) is 44.9. The van der Waals surface area contributed by atoms with Gasteiger partial charge in [0.15, 0.2) is 0 Å². The van der Waals surface area contributed by atoms with Crippen molar-refractivity contribution in [3.05, 3.63) is 309 Å². The number of hydrogen-bond donors (Lipinski definition) is 0. The predicted octanol–water partition coefficient (Wildman–Crippen LogP) is 20.1. The largest absolute Gasteiger partial charge is 0.311 e. The zero-order valence-electron chi connectivity index (χ0n) is 41.3. The van der Waals surface area contributed by atoms with Crippen LogP contribution in [-0.4, -0.2) is 4.57 Å². The lowest BCUT2D eigenvalue weighted by Crippen LogP contribution is -2.10. The smallest absolute Gasteiger partial charge is 0.0547 e. The highest BCUT2D eigenvalue weighted by atomic mass is 15.1. The van der Waals surface area contributed by atoms with Crippen molar-refractivity contribution in [2.24, 2.45) is 0 Å². The van der Waals surface area contributed by atoms with Gasteiger partial charge in [0.25, 0.3) is 0 Å². The van der Waals surface area contributed by atoms with Crippen LogP contribution in [0.1, 0.15) is 0 Å². The Labute approximate surface area is 438 Å². The van der Waals surface area contributed by atoms with Crippen molar-refractivity contribution in [2.75, 3.05) is 9.80 Å². The second kappa shape index (κ2) is 19.9. The molecule has 0 saturated carbocycles. The summed E-state index contributed by atoms with van der Waals surface area (Å²) in [6, 6.07) is 112. The summed E-state index contributed by atoms with van der Waals surface area (Å²) in [6.45, 7) is 0. The predicted molar refractivity (Wildman–Crippen MR) is 317 cm³/mol. The Bertz CT molecular complexity index is 3860. The van der Waals surface area contributed by atoms with Crippen LogP contribution in [-0.2, 0) is 0 Å². The first-order chi connectivity index (χ1) is 37.2. The van der Waals surface area contributed by atoms with E-state index in [9.17, 15) is 0 Å². The molecule has 354 valence electrons. The molecule has 0 aliphatic carbocycles. The van der Waals surface area contributed by atoms with E-state index < -0.39 is 0 Å². The molecule has 0 aliphatic rings. The minimum atomic E-state index is 1.08. The second-order valence-corrected chi connectivity index (χ2v) is 18.9. The molecule has 0 atom stereocenters. The van der Waals surface area contributed by atoms with E-state index in [0.29, 0.717) is 0 Å². The molecule has 0 radical (unpaired) electrons. The van der Waals surface area contributed by atoms with E-state index in [2.05, 4.69) is 324 Å². The van der Waals surface area contributed by atoms with E-state index in [1.807, 2.05) is 0 Å². The van der Waals surface area contributed by atoms with Crippen LogP contribution in [0.4, 0.5) is 34.1 Å². The lowest BCUT2D eigenvalue weighted by molar-refractivity contribution is 1.17. The maximum Gasteiger partial charge on any atom is 0.0547 e. The SMILES string of the molecule is c1ccc(-c2ccc(N(c3ccc(-c4ccccc4)cc3)c3ccc(-c4cccc5c4c4ccccc4n5-c4ccc(N(c5ccc(-c6ccccc6)cc5)c5ccc(-c6ccccc6)cc5)cc4)cc3)cc2)cc1. The van der Waals surface area contributed by atoms with Gasteiger partial charge in [-0.25, -0.2) is 0 Å². The molecule has 1 heterocycles. The van der Waals surface area contributed by atoms with Crippen LogP contribution >= 0.6 is 0 Å². The maximum absolute atomic E-state index is 2.42. The van der Waals surface area contributed by atoms with Crippen molar-refractivity contribution in [1.82, 2.24) is 4.57 Å². The molecule has 75 heavy (non-hydrogen) atoms. The number of fused-ring (bicyclic) bond motifs is 3. The zero-order chi connectivity index (χ0) is 49.9. The summed E-state index contributed by atoms with van der Waals surface area (Å²) in [4.78, 5) is 4.70. The molecule has 13 aromatic rings. The van der Waals surface area contributed by atoms with E-state index in [1.165, 1.54) is 66.4 Å². The fourth-order valence-corrected chi connectivity index (χ4v) is 10.7. The average molecular weight is 958 g/mol. The lowest BCUT2D eigenvalue weighted by Gasteiger charge is -2.26. The van der Waals surface area contributed by atoms with Crippen LogP contribution in [0, 0.1) is 0 Å². The van der Waals surface area contributed by atoms with Gasteiger partial charge in [0.1, 0.15) is 0 Å². The molecule has 1 aromatic heterocycles. The number of anilines is 6. The molecule has 0 N–H and O–H groups in total. The molecule has 0 aliphatic heterocycles. The van der Waals surface area contributed by atoms with Gasteiger partial charge in [0.2, 0.25) is 0 Å². The van der Waals surface area contributed by atoms with Crippen LogP contribution < -0.4 is 9.80 Å². The second-order valence-electron chi connectivity index (χ2n) is 18.9. The highest BCUT2D eigenvalue weighted by Gasteiger charge is 2.20. The molecule has 0 amide bonds. The van der Waals surface area contributed by atoms with Gasteiger partial charge >= 0.3 is 0 Å². The molecule has 0 spiro atoms. The highest BCUT2D eigenvalue weighted by molar-refractivity contribution is 6.15. The van der Waals surface area contributed by atoms with Crippen molar-refractivity contribution >= 4 is 55.9 Å². The summed E-state index contributed by atoms with van der Waals surface area (Å²) in [5.41, 5.74) is 21.9. The quantitative estimate of drug-likeness (QED) is 0.121. The van der Waals surface area contributed by atoms with Crippen molar-refractivity contribution in [1.29, 1.82) is 0 Å². The van der Waals surface area contributed by atoms with Gasteiger partial charge in [-0.1, -0.05) is 212 Å². The molecule has 0 fully saturated rings. The monoisotopic (exact) mass is 957 g/mol. The fourth-order valence-electron chi connectivity index (χ4n) is 10.7. The van der Waals surface area contributed by atoms with Gasteiger partial charge in [-0.2, -0.15) is 0 Å². The summed E-state index contributed by atoms with van der Waals surface area (Å²) >= 11 is 0. The summed E-state index contributed by atoms with van der Waals surface area (Å²) < 4.78 is 2.42. The third kappa shape index (κ3) is 8.83. The van der Waals surface area contributed by atoms with Gasteiger partial charge in [-0.3, -0.25) is 0 Å². The van der Waals surface area contributed by atoms with Gasteiger partial charge < -0.3 is 14.4 Å². The third-order valence-electron chi connectivity index (χ3n) is 14.4. The number of nitrogens with zero attached hydrogens (tertiary/aromatic N) is 3. The topological polar surface area (TPSA) is 11.4 Å². The Morgan fingerprint density at radius 2 is 0.480 bits per heavy atom. The summed E-state index contributed by atoms with van der Waals surface area (Å²) in [5.74, 6) is 0. The summed E-state index contributed by atoms with van der Waals surface area (Å²) in [7, 11) is 0. The number of aromatic nitrogens is 1. The van der Waals surface area contributed by atoms with Gasteiger partial charge in [-0.05, 0) is 153 Å². The standard InChI is InChI=1S/C72H51N3/c1-5-16-52(17-6-1)56-28-38-61(39-29-56)73(62-40-30-57(31-41-62)53-18-7-2-8-19-53)65-46-36-60(37-47-65)68-25-15-27-71-72(68)69-24-13-14-26-70(69)75(71)67-50-48-66(49-51-67)74(63-42-32-58(33-43-63)54-20-9-3-10-21-54)64-44-34-59(35-45-64)55-22-11-4-12-23-55/h1-51H. The highest BCUT2D eigenvalue weighted by Crippen LogP contribution is 2.43. The molecule has 12 aromatic carbocycles. The maximum atomic E-state index is 2.42. The molecule has 0 saturated heterocycles. The Morgan fingerprint density at radius 3 is 0.840 bits per heavy atom. The molecule has 13 rings (SSSR count). The van der Waals surface area contributed by atoms with E-state index >= 15 is 0 Å². The molecule has 0 unspecified atom stereocenters. The summed E-state index contributed by atoms with van der Waals surface area (Å²) in [5, 5.41) is 2.45. The normalized spacial score (nSPS) is 11.2. The van der Waals surface area contributed by atoms with Crippen LogP contribution in [0.3, 0.4) is 0 Å². The van der Waals surface area contributed by atoms with Crippen LogP contribution in [0.25, 0.3) is 83.1 Å².